The summed E-state index contributed by atoms with van der Waals surface area (Å²) < 4.78 is 0. The van der Waals surface area contributed by atoms with Crippen molar-refractivity contribution in [2.75, 3.05) is 31.1 Å². The van der Waals surface area contributed by atoms with Gasteiger partial charge in [-0.05, 0) is 62.6 Å². The molecule has 5 atom stereocenters. The van der Waals surface area contributed by atoms with Crippen molar-refractivity contribution in [3.05, 3.63) is 35.9 Å². The van der Waals surface area contributed by atoms with Crippen LogP contribution in [-0.2, 0) is 9.59 Å². The number of rotatable bonds is 2. The Morgan fingerprint density at radius 3 is 2.94 bits per heavy atom. The second kappa shape index (κ2) is 7.94. The van der Waals surface area contributed by atoms with Crippen molar-refractivity contribution in [3.63, 3.8) is 0 Å². The molecule has 1 aromatic carbocycles. The number of hydrogen-bond acceptors (Lipinski definition) is 4. The second-order valence-electron chi connectivity index (χ2n) is 11.0. The van der Waals surface area contributed by atoms with Gasteiger partial charge in [0.2, 0.25) is 11.8 Å². The number of aromatic nitrogens is 2. The number of amides is 2. The number of para-hydroxylation sites is 1. The first-order chi connectivity index (χ1) is 16.7. The van der Waals surface area contributed by atoms with Crippen LogP contribution in [-0.4, -0.2) is 70.1 Å². The SMILES string of the molecule is O=C1CC(C(=O)N2CCCC3=C[C@H]4C[C@@H](CN5CCCC[C@H]45)[C@@H]32)CN1c1n[nH]c2ccccc12. The van der Waals surface area contributed by atoms with E-state index in [4.69, 9.17) is 0 Å². The number of piperidine rings is 3. The number of likely N-dealkylation sites (tertiary alicyclic amines) is 1. The molecule has 5 heterocycles. The van der Waals surface area contributed by atoms with Gasteiger partial charge in [0.1, 0.15) is 0 Å². The Bertz CT molecular complexity index is 1170. The van der Waals surface area contributed by atoms with Gasteiger partial charge in [-0.25, -0.2) is 0 Å². The third kappa shape index (κ3) is 3.16. The zero-order chi connectivity index (χ0) is 22.8. The lowest BCUT2D eigenvalue weighted by Crippen LogP contribution is -2.60. The number of nitrogens with one attached hydrogen (secondary N) is 1. The van der Waals surface area contributed by atoms with Crippen LogP contribution in [0, 0.1) is 17.8 Å². The van der Waals surface area contributed by atoms with Crippen LogP contribution < -0.4 is 4.90 Å². The van der Waals surface area contributed by atoms with Crippen LogP contribution in [0.25, 0.3) is 10.9 Å². The van der Waals surface area contributed by atoms with E-state index in [1.165, 1.54) is 37.8 Å². The smallest absolute Gasteiger partial charge is 0.229 e. The molecule has 0 radical (unpaired) electrons. The van der Waals surface area contributed by atoms with E-state index in [0.29, 0.717) is 30.2 Å². The fraction of sp³-hybridized carbons (Fsp3) is 0.593. The summed E-state index contributed by atoms with van der Waals surface area (Å²) in [6, 6.07) is 8.80. The molecule has 7 rings (SSSR count). The lowest BCUT2D eigenvalue weighted by atomic mass is 9.68. The van der Waals surface area contributed by atoms with Gasteiger partial charge in [0.05, 0.1) is 17.5 Å². The van der Waals surface area contributed by atoms with Crippen molar-refractivity contribution >= 4 is 28.5 Å². The van der Waals surface area contributed by atoms with Crippen molar-refractivity contribution in [1.29, 1.82) is 0 Å². The predicted octanol–water partition coefficient (Wildman–Crippen LogP) is 3.34. The Labute approximate surface area is 200 Å². The molecule has 7 nitrogen and oxygen atoms in total. The van der Waals surface area contributed by atoms with E-state index in [9.17, 15) is 9.59 Å². The van der Waals surface area contributed by atoms with Gasteiger partial charge in [0, 0.05) is 37.5 Å². The summed E-state index contributed by atoms with van der Waals surface area (Å²) in [5, 5.41) is 8.38. The quantitative estimate of drug-likeness (QED) is 0.700. The highest BCUT2D eigenvalue weighted by Crippen LogP contribution is 2.45. The first kappa shape index (κ1) is 20.7. The molecular formula is C27H33N5O2. The van der Waals surface area contributed by atoms with Crippen molar-refractivity contribution in [2.24, 2.45) is 17.8 Å². The Morgan fingerprint density at radius 1 is 1.09 bits per heavy atom. The van der Waals surface area contributed by atoms with Gasteiger partial charge in [0.25, 0.3) is 0 Å². The average Bonchev–Trinajstić information content (AvgIpc) is 3.46. The molecule has 0 saturated carbocycles. The Balaban J connectivity index is 1.14. The van der Waals surface area contributed by atoms with Crippen molar-refractivity contribution in [2.45, 2.75) is 57.0 Å². The molecule has 2 bridgehead atoms. The largest absolute Gasteiger partial charge is 0.335 e. The van der Waals surface area contributed by atoms with Crippen molar-refractivity contribution in [1.82, 2.24) is 20.0 Å². The van der Waals surface area contributed by atoms with Gasteiger partial charge in [-0.2, -0.15) is 5.10 Å². The molecule has 0 spiro atoms. The third-order valence-corrected chi connectivity index (χ3v) is 9.12. The lowest BCUT2D eigenvalue weighted by molar-refractivity contribution is -0.140. The van der Waals surface area contributed by atoms with Gasteiger partial charge >= 0.3 is 0 Å². The summed E-state index contributed by atoms with van der Waals surface area (Å²) in [6.07, 6.45) is 10.2. The summed E-state index contributed by atoms with van der Waals surface area (Å²) in [5.74, 6) is 1.74. The molecule has 178 valence electrons. The van der Waals surface area contributed by atoms with Gasteiger partial charge < -0.3 is 4.90 Å². The maximum absolute atomic E-state index is 13.9. The lowest BCUT2D eigenvalue weighted by Gasteiger charge is -2.55. The van der Waals surface area contributed by atoms with E-state index in [1.54, 1.807) is 4.90 Å². The molecule has 4 fully saturated rings. The van der Waals surface area contributed by atoms with Crippen LogP contribution in [0.15, 0.2) is 35.9 Å². The molecule has 1 N–H and O–H groups in total. The van der Waals surface area contributed by atoms with Crippen LogP contribution >= 0.6 is 0 Å². The fourth-order valence-electron chi connectivity index (χ4n) is 7.69. The maximum Gasteiger partial charge on any atom is 0.229 e. The van der Waals surface area contributed by atoms with Gasteiger partial charge in [-0.15, -0.1) is 0 Å². The van der Waals surface area contributed by atoms with Crippen LogP contribution in [0.2, 0.25) is 0 Å². The molecule has 1 aliphatic carbocycles. The Morgan fingerprint density at radius 2 is 2.00 bits per heavy atom. The summed E-state index contributed by atoms with van der Waals surface area (Å²) in [6.45, 7) is 3.59. The Hall–Kier alpha value is -2.67. The van der Waals surface area contributed by atoms with Crippen molar-refractivity contribution in [3.8, 4) is 0 Å². The summed E-state index contributed by atoms with van der Waals surface area (Å²) in [4.78, 5) is 33.5. The fourth-order valence-corrected chi connectivity index (χ4v) is 7.69. The monoisotopic (exact) mass is 459 g/mol. The minimum absolute atomic E-state index is 0.000844. The van der Waals surface area contributed by atoms with Gasteiger partial charge in [-0.3, -0.25) is 24.5 Å². The van der Waals surface area contributed by atoms with E-state index >= 15 is 0 Å². The van der Waals surface area contributed by atoms with Crippen LogP contribution in [0.4, 0.5) is 5.82 Å². The van der Waals surface area contributed by atoms with E-state index < -0.39 is 0 Å². The molecule has 34 heavy (non-hydrogen) atoms. The zero-order valence-electron chi connectivity index (χ0n) is 19.7. The predicted molar refractivity (Wildman–Crippen MR) is 130 cm³/mol. The summed E-state index contributed by atoms with van der Waals surface area (Å²) in [7, 11) is 0. The maximum atomic E-state index is 13.9. The second-order valence-corrected chi connectivity index (χ2v) is 11.0. The summed E-state index contributed by atoms with van der Waals surface area (Å²) in [5.41, 5.74) is 2.42. The first-order valence-corrected chi connectivity index (χ1v) is 13.2. The standard InChI is InChI=1S/C27H33N5O2/c33-24-14-20(16-32(24)26-21-7-1-2-8-22(21)28-29-26)27(34)31-11-5-6-17-12-18-13-19(25(17)31)15-30-10-4-3-9-23(18)30/h1-2,7-8,12,18-20,23,25H,3-6,9-11,13-16H2,(H,28,29)/t18-,19-,20?,23+,25+/m0/s1. The number of benzene rings is 1. The van der Waals surface area contributed by atoms with Gasteiger partial charge in [0.15, 0.2) is 5.82 Å². The number of nitrogens with zero attached hydrogens (tertiary/aromatic N) is 4. The number of aromatic amines is 1. The molecule has 5 aliphatic rings. The minimum Gasteiger partial charge on any atom is -0.335 e. The molecule has 4 saturated heterocycles. The highest BCUT2D eigenvalue weighted by atomic mass is 16.2. The number of carbonyl (C=O) groups excluding carboxylic acids is 2. The summed E-state index contributed by atoms with van der Waals surface area (Å²) >= 11 is 0. The normalized spacial score (nSPS) is 33.6. The van der Waals surface area contributed by atoms with E-state index in [0.717, 1.165) is 36.8 Å². The Kier molecular flexibility index (Phi) is 4.83. The topological polar surface area (TPSA) is 72.5 Å². The zero-order valence-corrected chi connectivity index (χ0v) is 19.7. The van der Waals surface area contributed by atoms with Crippen LogP contribution in [0.1, 0.15) is 44.9 Å². The van der Waals surface area contributed by atoms with Crippen LogP contribution in [0.3, 0.4) is 0 Å². The third-order valence-electron chi connectivity index (χ3n) is 9.12. The van der Waals surface area contributed by atoms with Crippen molar-refractivity contribution < 1.29 is 9.59 Å². The molecule has 2 amide bonds. The molecule has 7 heteroatoms. The number of anilines is 1. The molecule has 2 aromatic rings. The van der Waals surface area contributed by atoms with E-state index in [2.05, 4.69) is 26.1 Å². The highest BCUT2D eigenvalue weighted by Gasteiger charge is 2.48. The van der Waals surface area contributed by atoms with Gasteiger partial charge in [-0.1, -0.05) is 30.2 Å². The molecule has 1 aromatic heterocycles. The number of H-pyrrole nitrogens is 1. The average molecular weight is 460 g/mol. The van der Waals surface area contributed by atoms with E-state index in [-0.39, 0.29) is 30.2 Å². The van der Waals surface area contributed by atoms with E-state index in [1.807, 2.05) is 24.3 Å². The first-order valence-electron chi connectivity index (χ1n) is 13.2. The van der Waals surface area contributed by atoms with Crippen LogP contribution in [0.5, 0.6) is 0 Å². The molecular weight excluding hydrogens is 426 g/mol. The number of hydrogen-bond donors (Lipinski definition) is 1. The minimum atomic E-state index is -0.286. The molecule has 1 unspecified atom stereocenters. The number of fused-ring (bicyclic) bond motifs is 7. The molecule has 4 aliphatic heterocycles. The number of carbonyl (C=O) groups is 2. The highest BCUT2D eigenvalue weighted by molar-refractivity contribution is 6.05.